The number of hydrogen-bond donors (Lipinski definition) is 1. The number of nitrogens with one attached hydrogen (secondary N) is 1. The fourth-order valence-corrected chi connectivity index (χ4v) is 4.14. The SMILES string of the molecule is C[C@H]1CCCC[C@]12NC(=O)N(CC(=O)OCC(=O)c1ccc(OC(F)F)cc1OC(F)F)C2=O. The highest BCUT2D eigenvalue weighted by atomic mass is 19.3. The van der Waals surface area contributed by atoms with Gasteiger partial charge in [0.15, 0.2) is 6.61 Å². The van der Waals surface area contributed by atoms with Crippen molar-refractivity contribution in [3.05, 3.63) is 23.8 Å². The van der Waals surface area contributed by atoms with Gasteiger partial charge in [0.1, 0.15) is 23.6 Å². The van der Waals surface area contributed by atoms with Crippen LogP contribution in [0, 0.1) is 5.92 Å². The van der Waals surface area contributed by atoms with Crippen LogP contribution in [0.1, 0.15) is 43.0 Å². The maximum atomic E-state index is 12.9. The number of ether oxygens (including phenoxy) is 3. The van der Waals surface area contributed by atoms with E-state index in [1.807, 2.05) is 6.92 Å². The number of carbonyl (C=O) groups is 4. The molecule has 1 aromatic rings. The first kappa shape index (κ1) is 25.2. The fourth-order valence-electron chi connectivity index (χ4n) is 4.14. The van der Waals surface area contributed by atoms with Crippen LogP contribution in [-0.4, -0.2) is 60.5 Å². The molecule has 186 valence electrons. The van der Waals surface area contributed by atoms with E-state index >= 15 is 0 Å². The number of amides is 3. The number of carbonyl (C=O) groups excluding carboxylic acids is 4. The van der Waals surface area contributed by atoms with Crippen molar-refractivity contribution in [3.8, 4) is 11.5 Å². The first-order valence-corrected chi connectivity index (χ1v) is 10.4. The maximum Gasteiger partial charge on any atom is 0.387 e. The zero-order chi connectivity index (χ0) is 25.0. The van der Waals surface area contributed by atoms with E-state index in [9.17, 15) is 36.7 Å². The number of benzene rings is 1. The third-order valence-electron chi connectivity index (χ3n) is 5.85. The Bertz CT molecular complexity index is 974. The number of urea groups is 1. The lowest BCUT2D eigenvalue weighted by Crippen LogP contribution is -2.54. The topological polar surface area (TPSA) is 111 Å². The molecule has 1 saturated carbocycles. The van der Waals surface area contributed by atoms with Crippen LogP contribution in [0.3, 0.4) is 0 Å². The molecule has 3 amide bonds. The molecule has 1 aromatic carbocycles. The van der Waals surface area contributed by atoms with E-state index in [4.69, 9.17) is 4.74 Å². The highest BCUT2D eigenvalue weighted by Crippen LogP contribution is 2.38. The Kier molecular flexibility index (Phi) is 7.62. The lowest BCUT2D eigenvalue weighted by Gasteiger charge is -2.36. The predicted molar refractivity (Wildman–Crippen MR) is 106 cm³/mol. The van der Waals surface area contributed by atoms with Gasteiger partial charge in [0.25, 0.3) is 5.91 Å². The van der Waals surface area contributed by atoms with E-state index in [1.165, 1.54) is 0 Å². The molecular formula is C21H22F4N2O7. The third-order valence-corrected chi connectivity index (χ3v) is 5.85. The molecule has 9 nitrogen and oxygen atoms in total. The molecular weight excluding hydrogens is 468 g/mol. The van der Waals surface area contributed by atoms with Crippen LogP contribution >= 0.6 is 0 Å². The molecule has 0 bridgehead atoms. The minimum atomic E-state index is -3.37. The van der Waals surface area contributed by atoms with Gasteiger partial charge < -0.3 is 19.5 Å². The van der Waals surface area contributed by atoms with E-state index in [-0.39, 0.29) is 5.92 Å². The second kappa shape index (κ2) is 10.3. The number of rotatable bonds is 9. The normalized spacial score (nSPS) is 22.3. The summed E-state index contributed by atoms with van der Waals surface area (Å²) in [4.78, 5) is 50.5. The summed E-state index contributed by atoms with van der Waals surface area (Å²) in [7, 11) is 0. The van der Waals surface area contributed by atoms with Crippen LogP contribution in [0.2, 0.25) is 0 Å². The van der Waals surface area contributed by atoms with Crippen LogP contribution in [0.15, 0.2) is 18.2 Å². The largest absolute Gasteiger partial charge is 0.456 e. The van der Waals surface area contributed by atoms with Gasteiger partial charge >= 0.3 is 25.2 Å². The quantitative estimate of drug-likeness (QED) is 0.245. The molecule has 2 atom stereocenters. The van der Waals surface area contributed by atoms with Gasteiger partial charge in [-0.25, -0.2) is 4.79 Å². The molecule has 0 radical (unpaired) electrons. The number of alkyl halides is 4. The molecule has 1 N–H and O–H groups in total. The highest BCUT2D eigenvalue weighted by molar-refractivity contribution is 6.09. The first-order valence-electron chi connectivity index (χ1n) is 10.4. The Morgan fingerprint density at radius 2 is 1.85 bits per heavy atom. The molecule has 0 unspecified atom stereocenters. The summed E-state index contributed by atoms with van der Waals surface area (Å²) in [5.41, 5.74) is -1.55. The molecule has 2 fully saturated rings. The van der Waals surface area contributed by atoms with Gasteiger partial charge in [-0.3, -0.25) is 19.3 Å². The summed E-state index contributed by atoms with van der Waals surface area (Å²) in [6.45, 7) is -6.44. The van der Waals surface area contributed by atoms with Gasteiger partial charge in [-0.15, -0.1) is 0 Å². The average Bonchev–Trinajstić information content (AvgIpc) is 2.98. The smallest absolute Gasteiger partial charge is 0.387 e. The van der Waals surface area contributed by atoms with Crippen molar-refractivity contribution < 1.29 is 51.0 Å². The van der Waals surface area contributed by atoms with Crippen LogP contribution in [-0.2, 0) is 14.3 Å². The Balaban J connectivity index is 1.63. The number of imide groups is 1. The third kappa shape index (κ3) is 5.39. The van der Waals surface area contributed by atoms with E-state index < -0.39 is 72.7 Å². The van der Waals surface area contributed by atoms with Crippen molar-refractivity contribution in [1.82, 2.24) is 10.2 Å². The van der Waals surface area contributed by atoms with Crippen molar-refractivity contribution in [2.24, 2.45) is 5.92 Å². The standard InChI is InChI=1S/C21H22F4N2O7/c1-11-4-2-3-7-21(11)17(30)27(20(31)26-21)9-16(29)32-10-14(28)13-6-5-12(33-18(22)23)8-15(13)34-19(24)25/h5-6,8,11,18-19H,2-4,7,9-10H2,1H3,(H,26,31)/t11-,21-/m0/s1. The van der Waals surface area contributed by atoms with E-state index in [0.29, 0.717) is 12.5 Å². The molecule has 3 rings (SSSR count). The van der Waals surface area contributed by atoms with Gasteiger partial charge in [-0.2, -0.15) is 17.6 Å². The molecule has 13 heteroatoms. The lowest BCUT2D eigenvalue weighted by molar-refractivity contribution is -0.147. The van der Waals surface area contributed by atoms with Crippen molar-refractivity contribution in [3.63, 3.8) is 0 Å². The van der Waals surface area contributed by atoms with Crippen LogP contribution < -0.4 is 14.8 Å². The van der Waals surface area contributed by atoms with Crippen molar-refractivity contribution in [2.75, 3.05) is 13.2 Å². The molecule has 34 heavy (non-hydrogen) atoms. The number of Topliss-reactive ketones (excluding diaryl/α,β-unsaturated/α-hetero) is 1. The molecule has 1 heterocycles. The minimum Gasteiger partial charge on any atom is -0.456 e. The summed E-state index contributed by atoms with van der Waals surface area (Å²) in [5.74, 6) is -4.01. The Morgan fingerprint density at radius 3 is 2.50 bits per heavy atom. The second-order valence-corrected chi connectivity index (χ2v) is 7.94. The lowest BCUT2D eigenvalue weighted by atomic mass is 9.73. The first-order chi connectivity index (χ1) is 16.0. The average molecular weight is 490 g/mol. The summed E-state index contributed by atoms with van der Waals surface area (Å²) in [6.07, 6.45) is 2.85. The zero-order valence-corrected chi connectivity index (χ0v) is 18.0. The molecule has 0 aromatic heterocycles. The Morgan fingerprint density at radius 1 is 1.15 bits per heavy atom. The van der Waals surface area contributed by atoms with Gasteiger partial charge in [0, 0.05) is 6.07 Å². The summed E-state index contributed by atoms with van der Waals surface area (Å²) < 4.78 is 63.1. The van der Waals surface area contributed by atoms with Crippen LogP contribution in [0.5, 0.6) is 11.5 Å². The van der Waals surface area contributed by atoms with Crippen LogP contribution in [0.25, 0.3) is 0 Å². The molecule has 1 saturated heterocycles. The van der Waals surface area contributed by atoms with Crippen LogP contribution in [0.4, 0.5) is 22.4 Å². The fraction of sp³-hybridized carbons (Fsp3) is 0.524. The van der Waals surface area contributed by atoms with Crippen molar-refractivity contribution in [2.45, 2.75) is 51.4 Å². The number of halogens is 4. The zero-order valence-electron chi connectivity index (χ0n) is 18.0. The predicted octanol–water partition coefficient (Wildman–Crippen LogP) is 3.12. The summed E-state index contributed by atoms with van der Waals surface area (Å²) >= 11 is 0. The number of hydrogen-bond acceptors (Lipinski definition) is 7. The molecule has 1 spiro atoms. The number of esters is 1. The Labute approximate surface area is 191 Å². The minimum absolute atomic E-state index is 0.120. The highest BCUT2D eigenvalue weighted by Gasteiger charge is 2.55. The van der Waals surface area contributed by atoms with Gasteiger partial charge in [-0.05, 0) is 30.9 Å². The summed E-state index contributed by atoms with van der Waals surface area (Å²) in [5, 5.41) is 2.67. The van der Waals surface area contributed by atoms with Gasteiger partial charge in [-0.1, -0.05) is 19.8 Å². The second-order valence-electron chi connectivity index (χ2n) is 7.94. The molecule has 2 aliphatic rings. The van der Waals surface area contributed by atoms with Crippen molar-refractivity contribution >= 4 is 23.7 Å². The van der Waals surface area contributed by atoms with E-state index in [0.717, 1.165) is 36.3 Å². The number of ketones is 1. The molecule has 1 aliphatic carbocycles. The molecule has 1 aliphatic heterocycles. The van der Waals surface area contributed by atoms with Crippen molar-refractivity contribution in [1.29, 1.82) is 0 Å². The number of nitrogens with zero attached hydrogens (tertiary/aromatic N) is 1. The van der Waals surface area contributed by atoms with E-state index in [1.54, 1.807) is 0 Å². The monoisotopic (exact) mass is 490 g/mol. The van der Waals surface area contributed by atoms with Gasteiger partial charge in [0.2, 0.25) is 5.78 Å². The summed E-state index contributed by atoms with van der Waals surface area (Å²) in [6, 6.07) is 1.75. The van der Waals surface area contributed by atoms with E-state index in [2.05, 4.69) is 14.8 Å². The van der Waals surface area contributed by atoms with Gasteiger partial charge in [0.05, 0.1) is 5.56 Å². The Hall–Kier alpha value is -3.38. The maximum absolute atomic E-state index is 12.9.